The Bertz CT molecular complexity index is 918. The molecule has 3 heterocycles. The van der Waals surface area contributed by atoms with Crippen molar-refractivity contribution in [3.63, 3.8) is 0 Å². The number of rotatable bonds is 3. The Morgan fingerprint density at radius 1 is 1.12 bits per heavy atom. The maximum atomic E-state index is 13.2. The molecule has 0 saturated carbocycles. The van der Waals surface area contributed by atoms with Crippen LogP contribution >= 0.6 is 11.3 Å². The summed E-state index contributed by atoms with van der Waals surface area (Å²) < 4.78 is 66.0. The average Bonchev–Trinajstić information content (AvgIpc) is 3.00. The summed E-state index contributed by atoms with van der Waals surface area (Å²) in [5.74, 6) is 0. The lowest BCUT2D eigenvalue weighted by Gasteiger charge is -2.45. The minimum absolute atomic E-state index is 0.0517. The van der Waals surface area contributed by atoms with Crippen molar-refractivity contribution in [2.75, 3.05) is 19.6 Å². The van der Waals surface area contributed by atoms with Crippen LogP contribution in [0.1, 0.15) is 16.0 Å². The second kappa shape index (κ2) is 6.33. The summed E-state index contributed by atoms with van der Waals surface area (Å²) in [6.07, 6.45) is -3.76. The molecule has 0 amide bonds. The first-order valence-electron chi connectivity index (χ1n) is 8.22. The van der Waals surface area contributed by atoms with Crippen molar-refractivity contribution in [1.82, 2.24) is 9.21 Å². The van der Waals surface area contributed by atoms with Crippen LogP contribution in [-0.2, 0) is 29.2 Å². The van der Waals surface area contributed by atoms with Gasteiger partial charge in [-0.1, -0.05) is 12.1 Å². The highest BCUT2D eigenvalue weighted by atomic mass is 32.2. The molecule has 0 bridgehead atoms. The van der Waals surface area contributed by atoms with Crippen molar-refractivity contribution in [2.24, 2.45) is 0 Å². The Morgan fingerprint density at radius 3 is 2.58 bits per heavy atom. The number of fused-ring (bicyclic) bond motifs is 1. The van der Waals surface area contributed by atoms with Gasteiger partial charge in [-0.25, -0.2) is 8.42 Å². The van der Waals surface area contributed by atoms with Crippen LogP contribution in [0.4, 0.5) is 13.2 Å². The van der Waals surface area contributed by atoms with Gasteiger partial charge in [0.25, 0.3) is 0 Å². The third-order valence-corrected chi connectivity index (χ3v) is 7.91. The molecular formula is C17H17F3N2O2S2. The fourth-order valence-corrected chi connectivity index (χ4v) is 6.11. The normalized spacial score (nSPS) is 20.0. The minimum Gasteiger partial charge on any atom is -0.293 e. The van der Waals surface area contributed by atoms with Crippen LogP contribution in [0, 0.1) is 0 Å². The van der Waals surface area contributed by atoms with Gasteiger partial charge in [-0.3, -0.25) is 4.90 Å². The molecule has 0 aliphatic carbocycles. The monoisotopic (exact) mass is 402 g/mol. The van der Waals surface area contributed by atoms with Gasteiger partial charge in [0.05, 0.1) is 10.5 Å². The molecule has 0 spiro atoms. The zero-order valence-electron chi connectivity index (χ0n) is 13.7. The van der Waals surface area contributed by atoms with E-state index in [4.69, 9.17) is 0 Å². The van der Waals surface area contributed by atoms with Gasteiger partial charge in [0.15, 0.2) is 0 Å². The zero-order valence-corrected chi connectivity index (χ0v) is 15.4. The molecule has 1 aromatic heterocycles. The van der Waals surface area contributed by atoms with Gasteiger partial charge in [-0.2, -0.15) is 17.5 Å². The van der Waals surface area contributed by atoms with E-state index in [1.165, 1.54) is 22.6 Å². The fraction of sp³-hybridized carbons (Fsp3) is 0.412. The topological polar surface area (TPSA) is 40.6 Å². The van der Waals surface area contributed by atoms with Crippen LogP contribution in [0.15, 0.2) is 40.6 Å². The quantitative estimate of drug-likeness (QED) is 0.792. The molecule has 4 nitrogen and oxygen atoms in total. The number of thiophene rings is 1. The molecule has 0 atom stereocenters. The van der Waals surface area contributed by atoms with Gasteiger partial charge in [-0.05, 0) is 35.6 Å². The largest absolute Gasteiger partial charge is 0.417 e. The Kier molecular flexibility index (Phi) is 4.37. The summed E-state index contributed by atoms with van der Waals surface area (Å²) >= 11 is 1.73. The molecule has 0 N–H and O–H groups in total. The number of nitrogens with zero attached hydrogens (tertiary/aromatic N) is 2. The van der Waals surface area contributed by atoms with E-state index in [-0.39, 0.29) is 19.1 Å². The van der Waals surface area contributed by atoms with Gasteiger partial charge < -0.3 is 0 Å². The number of halogens is 3. The SMILES string of the molecule is O=S(=O)(c1ccccc1C(F)(F)F)N1CC(N2CCc3sccc3C2)C1. The Hall–Kier alpha value is -1.42. The van der Waals surface area contributed by atoms with E-state index < -0.39 is 26.7 Å². The van der Waals surface area contributed by atoms with Crippen LogP contribution in [0.2, 0.25) is 0 Å². The summed E-state index contributed by atoms with van der Waals surface area (Å²) in [5, 5.41) is 2.06. The molecule has 9 heteroatoms. The van der Waals surface area contributed by atoms with Crippen molar-refractivity contribution in [1.29, 1.82) is 0 Å². The summed E-state index contributed by atoms with van der Waals surface area (Å²) in [6.45, 7) is 2.09. The highest BCUT2D eigenvalue weighted by Crippen LogP contribution is 2.37. The first-order valence-corrected chi connectivity index (χ1v) is 10.5. The fourth-order valence-electron chi connectivity index (χ4n) is 3.49. The van der Waals surface area contributed by atoms with Crippen molar-refractivity contribution in [3.8, 4) is 0 Å². The molecule has 2 aromatic rings. The molecule has 1 aromatic carbocycles. The van der Waals surface area contributed by atoms with Gasteiger partial charge in [0.1, 0.15) is 0 Å². The summed E-state index contributed by atoms with van der Waals surface area (Å²) in [5.41, 5.74) is 0.161. The van der Waals surface area contributed by atoms with E-state index in [2.05, 4.69) is 16.3 Å². The minimum atomic E-state index is -4.70. The standard InChI is InChI=1S/C17H17F3N2O2S2/c18-17(19,20)14-3-1-2-4-16(14)26(23,24)22-10-13(11-22)21-7-5-15-12(9-21)6-8-25-15/h1-4,6,8,13H,5,7,9-11H2. The number of hydrogen-bond donors (Lipinski definition) is 0. The number of sulfonamides is 1. The highest BCUT2D eigenvalue weighted by Gasteiger charge is 2.44. The van der Waals surface area contributed by atoms with Crippen LogP contribution in [0.3, 0.4) is 0 Å². The second-order valence-corrected chi connectivity index (χ2v) is 9.47. The molecule has 1 saturated heterocycles. The predicted octanol–water partition coefficient (Wildman–Crippen LogP) is 3.20. The molecule has 4 rings (SSSR count). The van der Waals surface area contributed by atoms with Crippen LogP contribution in [0.5, 0.6) is 0 Å². The van der Waals surface area contributed by atoms with E-state index in [0.717, 1.165) is 35.9 Å². The Balaban J connectivity index is 1.49. The molecule has 2 aliphatic heterocycles. The van der Waals surface area contributed by atoms with Gasteiger partial charge in [-0.15, -0.1) is 11.3 Å². The summed E-state index contributed by atoms with van der Waals surface area (Å²) in [4.78, 5) is 2.92. The van der Waals surface area contributed by atoms with E-state index in [1.807, 2.05) is 0 Å². The maximum Gasteiger partial charge on any atom is 0.417 e. The zero-order chi connectivity index (χ0) is 18.5. The lowest BCUT2D eigenvalue weighted by atomic mass is 10.0. The first-order chi connectivity index (χ1) is 12.3. The molecule has 1 fully saturated rings. The van der Waals surface area contributed by atoms with Crippen molar-refractivity contribution >= 4 is 21.4 Å². The van der Waals surface area contributed by atoms with Gasteiger partial charge in [0.2, 0.25) is 10.0 Å². The second-order valence-electron chi connectivity index (χ2n) is 6.56. The van der Waals surface area contributed by atoms with Crippen molar-refractivity contribution in [3.05, 3.63) is 51.7 Å². The van der Waals surface area contributed by atoms with Crippen LogP contribution in [-0.4, -0.2) is 43.3 Å². The first kappa shape index (κ1) is 18.0. The molecule has 26 heavy (non-hydrogen) atoms. The smallest absolute Gasteiger partial charge is 0.293 e. The highest BCUT2D eigenvalue weighted by molar-refractivity contribution is 7.89. The van der Waals surface area contributed by atoms with E-state index in [9.17, 15) is 21.6 Å². The maximum absolute atomic E-state index is 13.2. The molecular weight excluding hydrogens is 385 g/mol. The number of hydrogen-bond acceptors (Lipinski definition) is 4. The average molecular weight is 402 g/mol. The Labute approximate surface area is 153 Å². The van der Waals surface area contributed by atoms with Gasteiger partial charge >= 0.3 is 6.18 Å². The van der Waals surface area contributed by atoms with Crippen LogP contribution < -0.4 is 0 Å². The van der Waals surface area contributed by atoms with Crippen molar-refractivity contribution < 1.29 is 21.6 Å². The lowest BCUT2D eigenvalue weighted by molar-refractivity contribution is -0.140. The summed E-state index contributed by atoms with van der Waals surface area (Å²) in [6, 6.07) is 6.50. The third kappa shape index (κ3) is 3.06. The number of benzene rings is 1. The molecule has 0 radical (unpaired) electrons. The third-order valence-electron chi connectivity index (χ3n) is 4.99. The van der Waals surface area contributed by atoms with Gasteiger partial charge in [0, 0.05) is 37.1 Å². The van der Waals surface area contributed by atoms with E-state index >= 15 is 0 Å². The molecule has 2 aliphatic rings. The number of alkyl halides is 3. The van der Waals surface area contributed by atoms with Crippen molar-refractivity contribution in [2.45, 2.75) is 30.1 Å². The Morgan fingerprint density at radius 2 is 1.85 bits per heavy atom. The van der Waals surface area contributed by atoms with E-state index in [1.54, 1.807) is 11.3 Å². The molecule has 140 valence electrons. The van der Waals surface area contributed by atoms with Crippen LogP contribution in [0.25, 0.3) is 0 Å². The molecule has 0 unspecified atom stereocenters. The summed E-state index contributed by atoms with van der Waals surface area (Å²) in [7, 11) is -4.15. The predicted molar refractivity (Wildman–Crippen MR) is 92.4 cm³/mol. The lowest BCUT2D eigenvalue weighted by Crippen LogP contribution is -2.61. The van der Waals surface area contributed by atoms with E-state index in [0.29, 0.717) is 0 Å².